The highest BCUT2D eigenvalue weighted by atomic mass is 16.3. The standard InChI is InChI=1S/C29H52O2/c1-7-21(19(2)3)9-8-20(4)24-10-11-25-23-13-17-29(31)18-22(30)12-16-28(29,6)26(23)14-15-27(24,25)5/h19-26,30-31H,7-18H2,1-6H3/t20-,21+,22+,23+,24-,25+,26+,27-,28-,29-/m1/s1. The summed E-state index contributed by atoms with van der Waals surface area (Å²) in [6, 6.07) is 0. The summed E-state index contributed by atoms with van der Waals surface area (Å²) in [6.07, 6.45) is 14.0. The maximum Gasteiger partial charge on any atom is 0.0728 e. The van der Waals surface area contributed by atoms with Crippen LogP contribution in [-0.4, -0.2) is 21.9 Å². The molecule has 10 atom stereocenters. The van der Waals surface area contributed by atoms with E-state index in [2.05, 4.69) is 41.5 Å². The van der Waals surface area contributed by atoms with Crippen LogP contribution in [0.1, 0.15) is 119 Å². The van der Waals surface area contributed by atoms with E-state index >= 15 is 0 Å². The Balaban J connectivity index is 1.48. The predicted octanol–water partition coefficient (Wildman–Crippen LogP) is 7.22. The van der Waals surface area contributed by atoms with E-state index in [0.717, 1.165) is 54.8 Å². The van der Waals surface area contributed by atoms with E-state index in [4.69, 9.17) is 0 Å². The fourth-order valence-corrected chi connectivity index (χ4v) is 9.89. The molecule has 31 heavy (non-hydrogen) atoms. The number of aliphatic hydroxyl groups is 2. The number of hydrogen-bond acceptors (Lipinski definition) is 2. The predicted molar refractivity (Wildman–Crippen MR) is 130 cm³/mol. The molecule has 180 valence electrons. The minimum Gasteiger partial charge on any atom is -0.393 e. The molecule has 0 aliphatic heterocycles. The van der Waals surface area contributed by atoms with Crippen LogP contribution in [0.5, 0.6) is 0 Å². The fraction of sp³-hybridized carbons (Fsp3) is 1.00. The Hall–Kier alpha value is -0.0800. The van der Waals surface area contributed by atoms with Crippen molar-refractivity contribution < 1.29 is 10.2 Å². The number of fused-ring (bicyclic) bond motifs is 5. The van der Waals surface area contributed by atoms with Crippen molar-refractivity contribution in [3.63, 3.8) is 0 Å². The molecule has 2 N–H and O–H groups in total. The quantitative estimate of drug-likeness (QED) is 0.465. The van der Waals surface area contributed by atoms with Gasteiger partial charge in [0.05, 0.1) is 11.7 Å². The average molecular weight is 433 g/mol. The average Bonchev–Trinajstić information content (AvgIpc) is 3.06. The highest BCUT2D eigenvalue weighted by Gasteiger charge is 2.64. The van der Waals surface area contributed by atoms with Gasteiger partial charge in [-0.1, -0.05) is 54.4 Å². The summed E-state index contributed by atoms with van der Waals surface area (Å²) >= 11 is 0. The van der Waals surface area contributed by atoms with Crippen molar-refractivity contribution >= 4 is 0 Å². The van der Waals surface area contributed by atoms with Gasteiger partial charge in [0.1, 0.15) is 0 Å². The molecule has 0 heterocycles. The molecule has 0 unspecified atom stereocenters. The molecule has 4 aliphatic carbocycles. The zero-order chi connectivity index (χ0) is 22.6. The number of aliphatic hydroxyl groups excluding tert-OH is 1. The Morgan fingerprint density at radius 2 is 1.61 bits per heavy atom. The van der Waals surface area contributed by atoms with Gasteiger partial charge in [0.2, 0.25) is 0 Å². The molecule has 0 amide bonds. The van der Waals surface area contributed by atoms with Crippen molar-refractivity contribution in [1.82, 2.24) is 0 Å². The second-order valence-electron chi connectivity index (χ2n) is 13.5. The van der Waals surface area contributed by atoms with Crippen LogP contribution >= 0.6 is 0 Å². The lowest BCUT2D eigenvalue weighted by molar-refractivity contribution is -0.220. The van der Waals surface area contributed by atoms with Crippen molar-refractivity contribution in [2.45, 2.75) is 130 Å². The Morgan fingerprint density at radius 3 is 2.29 bits per heavy atom. The van der Waals surface area contributed by atoms with Crippen LogP contribution in [0.4, 0.5) is 0 Å². The van der Waals surface area contributed by atoms with Crippen LogP contribution in [0.2, 0.25) is 0 Å². The van der Waals surface area contributed by atoms with E-state index < -0.39 is 5.60 Å². The van der Waals surface area contributed by atoms with Gasteiger partial charge >= 0.3 is 0 Å². The normalized spacial score (nSPS) is 49.3. The van der Waals surface area contributed by atoms with E-state index in [1.165, 1.54) is 51.4 Å². The van der Waals surface area contributed by atoms with Crippen LogP contribution in [0, 0.1) is 52.3 Å². The van der Waals surface area contributed by atoms with Gasteiger partial charge in [-0.2, -0.15) is 0 Å². The molecule has 0 spiro atoms. The summed E-state index contributed by atoms with van der Waals surface area (Å²) in [5, 5.41) is 21.9. The van der Waals surface area contributed by atoms with Crippen LogP contribution in [-0.2, 0) is 0 Å². The Morgan fingerprint density at radius 1 is 0.871 bits per heavy atom. The molecule has 0 aromatic carbocycles. The highest BCUT2D eigenvalue weighted by Crippen LogP contribution is 2.69. The lowest BCUT2D eigenvalue weighted by atomic mass is 9.43. The summed E-state index contributed by atoms with van der Waals surface area (Å²) in [6.45, 7) is 14.8. The lowest BCUT2D eigenvalue weighted by Gasteiger charge is -2.64. The van der Waals surface area contributed by atoms with E-state index in [1.807, 2.05) is 0 Å². The molecule has 0 bridgehead atoms. The molecule has 4 rings (SSSR count). The molecule has 4 saturated carbocycles. The van der Waals surface area contributed by atoms with Gasteiger partial charge in [-0.25, -0.2) is 0 Å². The molecule has 2 nitrogen and oxygen atoms in total. The number of hydrogen-bond donors (Lipinski definition) is 2. The second kappa shape index (κ2) is 8.61. The van der Waals surface area contributed by atoms with Gasteiger partial charge in [-0.05, 0) is 110 Å². The summed E-state index contributed by atoms with van der Waals surface area (Å²) in [5.41, 5.74) is -0.0944. The molecule has 0 saturated heterocycles. The van der Waals surface area contributed by atoms with Crippen LogP contribution in [0.3, 0.4) is 0 Å². The molecule has 0 aromatic heterocycles. The van der Waals surface area contributed by atoms with E-state index in [0.29, 0.717) is 17.8 Å². The van der Waals surface area contributed by atoms with Gasteiger partial charge in [-0.3, -0.25) is 0 Å². The van der Waals surface area contributed by atoms with E-state index in [9.17, 15) is 10.2 Å². The number of rotatable bonds is 6. The molecule has 0 aromatic rings. The summed E-state index contributed by atoms with van der Waals surface area (Å²) in [7, 11) is 0. The molecule has 4 fully saturated rings. The van der Waals surface area contributed by atoms with Crippen LogP contribution < -0.4 is 0 Å². The first-order valence-corrected chi connectivity index (χ1v) is 14.0. The summed E-state index contributed by atoms with van der Waals surface area (Å²) in [5.74, 6) is 5.77. The van der Waals surface area contributed by atoms with Gasteiger partial charge in [0.25, 0.3) is 0 Å². The first-order valence-electron chi connectivity index (χ1n) is 14.0. The Kier molecular flexibility index (Phi) is 6.68. The van der Waals surface area contributed by atoms with Gasteiger partial charge in [0.15, 0.2) is 0 Å². The topological polar surface area (TPSA) is 40.5 Å². The minimum atomic E-state index is -0.628. The zero-order valence-electron chi connectivity index (χ0n) is 21.5. The van der Waals surface area contributed by atoms with Gasteiger partial charge in [-0.15, -0.1) is 0 Å². The zero-order valence-corrected chi connectivity index (χ0v) is 21.5. The Bertz CT molecular complexity index is 630. The van der Waals surface area contributed by atoms with Crippen molar-refractivity contribution in [1.29, 1.82) is 0 Å². The van der Waals surface area contributed by atoms with Gasteiger partial charge in [0, 0.05) is 6.42 Å². The Labute approximate surface area is 193 Å². The third kappa shape index (κ3) is 3.84. The first kappa shape index (κ1) is 24.1. The van der Waals surface area contributed by atoms with Crippen molar-refractivity contribution in [2.24, 2.45) is 52.3 Å². The highest BCUT2D eigenvalue weighted by molar-refractivity contribution is 5.14. The molecule has 4 aliphatic rings. The second-order valence-corrected chi connectivity index (χ2v) is 13.5. The van der Waals surface area contributed by atoms with Crippen LogP contribution in [0.25, 0.3) is 0 Å². The van der Waals surface area contributed by atoms with Crippen molar-refractivity contribution in [3.8, 4) is 0 Å². The maximum atomic E-state index is 11.6. The largest absolute Gasteiger partial charge is 0.393 e. The first-order chi connectivity index (χ1) is 14.6. The smallest absolute Gasteiger partial charge is 0.0728 e. The van der Waals surface area contributed by atoms with Gasteiger partial charge < -0.3 is 10.2 Å². The minimum absolute atomic E-state index is 0.0196. The third-order valence-corrected chi connectivity index (χ3v) is 12.0. The SMILES string of the molecule is CC[C@@H](CC[C@@H](C)[C@H]1CC[C@H]2[C@@H]3CC[C@@]4(O)C[C@@H](O)CC[C@]4(C)[C@H]3CC[C@]12C)C(C)C. The van der Waals surface area contributed by atoms with E-state index in [1.54, 1.807) is 0 Å². The van der Waals surface area contributed by atoms with Crippen molar-refractivity contribution in [2.75, 3.05) is 0 Å². The third-order valence-electron chi connectivity index (χ3n) is 12.0. The van der Waals surface area contributed by atoms with E-state index in [-0.39, 0.29) is 11.5 Å². The molecule has 0 radical (unpaired) electrons. The lowest BCUT2D eigenvalue weighted by Crippen LogP contribution is -2.62. The summed E-state index contributed by atoms with van der Waals surface area (Å²) < 4.78 is 0. The maximum absolute atomic E-state index is 11.6. The summed E-state index contributed by atoms with van der Waals surface area (Å²) in [4.78, 5) is 0. The monoisotopic (exact) mass is 432 g/mol. The van der Waals surface area contributed by atoms with Crippen LogP contribution in [0.15, 0.2) is 0 Å². The molecular weight excluding hydrogens is 380 g/mol. The fourth-order valence-electron chi connectivity index (χ4n) is 9.89. The molecular formula is C29H52O2. The van der Waals surface area contributed by atoms with Crippen molar-refractivity contribution in [3.05, 3.63) is 0 Å². The molecule has 2 heteroatoms.